The normalized spacial score (nSPS) is 20.6. The zero-order chi connectivity index (χ0) is 19.4. The molecule has 0 saturated heterocycles. The number of halogens is 3. The number of hydrogen-bond donors (Lipinski definition) is 2. The molecule has 0 bridgehead atoms. The number of alkyl halides is 3. The number of aryl methyl sites for hydroxylation is 3. The Morgan fingerprint density at radius 1 is 1.04 bits per heavy atom. The molecule has 2 rings (SSSR count). The number of sulfonamides is 1. The summed E-state index contributed by atoms with van der Waals surface area (Å²) in [6.07, 6.45) is 2.42. The second-order valence-corrected chi connectivity index (χ2v) is 8.35. The van der Waals surface area contributed by atoms with E-state index in [1.54, 1.807) is 4.72 Å². The molecule has 0 spiro atoms. The molecule has 4 nitrogen and oxygen atoms in total. The minimum Gasteiger partial charge on any atom is -0.326 e. The Balaban J connectivity index is 0.000000497. The molecule has 1 aliphatic rings. The molecule has 3 N–H and O–H groups in total. The number of hydrogen-bond acceptors (Lipinski definition) is 3. The van der Waals surface area contributed by atoms with Crippen LogP contribution in [-0.2, 0) is 29.5 Å². The third kappa shape index (κ3) is 7.26. The zero-order valence-corrected chi connectivity index (χ0v) is 18.0. The molecular formula is C17H27F3N2O2RuS. The molecule has 0 amide bonds. The van der Waals surface area contributed by atoms with Gasteiger partial charge in [0.05, 0.1) is 0 Å². The molecule has 1 aromatic carbocycles. The van der Waals surface area contributed by atoms with Crippen molar-refractivity contribution < 1.29 is 41.1 Å². The molecule has 0 aromatic heterocycles. The van der Waals surface area contributed by atoms with Crippen LogP contribution in [0.5, 0.6) is 0 Å². The fourth-order valence-corrected chi connectivity index (χ4v) is 3.65. The first-order valence-electron chi connectivity index (χ1n) is 8.24. The van der Waals surface area contributed by atoms with Gasteiger partial charge in [-0.3, -0.25) is 0 Å². The second-order valence-electron chi connectivity index (χ2n) is 6.65. The Labute approximate surface area is 166 Å². The van der Waals surface area contributed by atoms with Crippen LogP contribution in [0.1, 0.15) is 47.9 Å². The van der Waals surface area contributed by atoms with Crippen LogP contribution in [0.2, 0.25) is 0 Å². The summed E-state index contributed by atoms with van der Waals surface area (Å²) in [5.74, 6) is 0. The molecule has 2 atom stereocenters. The van der Waals surface area contributed by atoms with Crippen LogP contribution in [-0.4, -0.2) is 26.0 Å². The van der Waals surface area contributed by atoms with Crippen molar-refractivity contribution in [2.45, 2.75) is 71.0 Å². The molecule has 0 aliphatic heterocycles. The third-order valence-electron chi connectivity index (χ3n) is 4.50. The Kier molecular flexibility index (Phi) is 9.96. The Bertz CT molecular complexity index is 671. The maximum atomic E-state index is 12.0. The van der Waals surface area contributed by atoms with Gasteiger partial charge in [-0.05, 0) is 57.2 Å². The molecule has 9 heteroatoms. The van der Waals surface area contributed by atoms with E-state index in [1.165, 1.54) is 22.3 Å². The maximum Gasteiger partial charge on any atom is 0.511 e. The van der Waals surface area contributed by atoms with Gasteiger partial charge in [0.2, 0.25) is 0 Å². The SMILES string of the molecule is Cc1cc(C)c(C)c(C)c1.N[C@@H]1CCCC[C@H]1NS(=O)(=O)C(F)(F)F.[Ru]. The summed E-state index contributed by atoms with van der Waals surface area (Å²) in [5, 5.41) is 0. The smallest absolute Gasteiger partial charge is 0.326 e. The first kappa shape index (κ1) is 25.5. The van der Waals surface area contributed by atoms with Crippen LogP contribution in [0.4, 0.5) is 13.2 Å². The first-order chi connectivity index (χ1) is 11.3. The van der Waals surface area contributed by atoms with Crippen molar-refractivity contribution >= 4 is 10.0 Å². The average molecular weight is 482 g/mol. The van der Waals surface area contributed by atoms with Gasteiger partial charge >= 0.3 is 15.5 Å². The van der Waals surface area contributed by atoms with E-state index in [9.17, 15) is 21.6 Å². The van der Waals surface area contributed by atoms with Crippen LogP contribution in [0, 0.1) is 27.7 Å². The minimum atomic E-state index is -5.26. The fourth-order valence-electron chi connectivity index (χ4n) is 2.82. The molecule has 26 heavy (non-hydrogen) atoms. The van der Waals surface area contributed by atoms with Crippen LogP contribution in [0.15, 0.2) is 12.1 Å². The summed E-state index contributed by atoms with van der Waals surface area (Å²) in [7, 11) is -5.26. The van der Waals surface area contributed by atoms with Gasteiger partial charge in [0.1, 0.15) is 0 Å². The molecule has 1 fully saturated rings. The largest absolute Gasteiger partial charge is 0.511 e. The van der Waals surface area contributed by atoms with E-state index in [1.807, 2.05) is 0 Å². The number of benzene rings is 1. The summed E-state index contributed by atoms with van der Waals surface area (Å²) in [4.78, 5) is 0. The summed E-state index contributed by atoms with van der Waals surface area (Å²) in [5.41, 5.74) is 5.86. The van der Waals surface area contributed by atoms with Gasteiger partial charge in [0.15, 0.2) is 0 Å². The van der Waals surface area contributed by atoms with Crippen molar-refractivity contribution in [2.75, 3.05) is 0 Å². The maximum absolute atomic E-state index is 12.0. The van der Waals surface area contributed by atoms with E-state index in [2.05, 4.69) is 39.8 Å². The van der Waals surface area contributed by atoms with Crippen molar-refractivity contribution in [2.24, 2.45) is 5.73 Å². The van der Waals surface area contributed by atoms with E-state index < -0.39 is 27.6 Å². The average Bonchev–Trinajstić information content (AvgIpc) is 2.46. The van der Waals surface area contributed by atoms with Gasteiger partial charge in [-0.15, -0.1) is 0 Å². The summed E-state index contributed by atoms with van der Waals surface area (Å²) >= 11 is 0. The van der Waals surface area contributed by atoms with Gasteiger partial charge in [-0.25, -0.2) is 13.1 Å². The van der Waals surface area contributed by atoms with E-state index in [4.69, 9.17) is 5.73 Å². The van der Waals surface area contributed by atoms with E-state index in [0.717, 1.165) is 6.42 Å². The number of rotatable bonds is 2. The van der Waals surface area contributed by atoms with E-state index in [0.29, 0.717) is 19.3 Å². The topological polar surface area (TPSA) is 72.2 Å². The predicted octanol–water partition coefficient (Wildman–Crippen LogP) is 3.61. The summed E-state index contributed by atoms with van der Waals surface area (Å²) in [6, 6.07) is 3.12. The van der Waals surface area contributed by atoms with Crippen molar-refractivity contribution in [3.63, 3.8) is 0 Å². The zero-order valence-electron chi connectivity index (χ0n) is 15.4. The third-order valence-corrected chi connectivity index (χ3v) is 5.72. The summed E-state index contributed by atoms with van der Waals surface area (Å²) < 4.78 is 59.2. The van der Waals surface area contributed by atoms with Crippen molar-refractivity contribution in [3.8, 4) is 0 Å². The van der Waals surface area contributed by atoms with E-state index in [-0.39, 0.29) is 19.5 Å². The Morgan fingerprint density at radius 3 is 1.92 bits per heavy atom. The molecule has 1 aromatic rings. The van der Waals surface area contributed by atoms with Crippen LogP contribution in [0.25, 0.3) is 0 Å². The first-order valence-corrected chi connectivity index (χ1v) is 9.72. The molecule has 0 radical (unpaired) electrons. The molecular weight excluding hydrogens is 454 g/mol. The van der Waals surface area contributed by atoms with Gasteiger partial charge in [0.25, 0.3) is 0 Å². The minimum absolute atomic E-state index is 0. The second kappa shape index (κ2) is 10.2. The standard InChI is InChI=1S/C10H14.C7H13F3N2O2S.Ru/c1-7-5-8(2)10(4)9(3)6-7;8-7(9,10)15(13,14)12-6-4-2-1-3-5(6)11;/h5-6H,1-4H3;5-6,12H,1-4,11H2;/t;5-,6-;/m.1./s1. The monoisotopic (exact) mass is 482 g/mol. The molecule has 0 heterocycles. The molecule has 152 valence electrons. The number of nitrogens with one attached hydrogen (secondary N) is 1. The molecule has 0 unspecified atom stereocenters. The van der Waals surface area contributed by atoms with Gasteiger partial charge in [0, 0.05) is 31.6 Å². The van der Waals surface area contributed by atoms with E-state index >= 15 is 0 Å². The number of nitrogens with two attached hydrogens (primary N) is 1. The van der Waals surface area contributed by atoms with Crippen LogP contribution < -0.4 is 10.5 Å². The molecule has 1 aliphatic carbocycles. The quantitative estimate of drug-likeness (QED) is 0.634. The predicted molar refractivity (Wildman–Crippen MR) is 93.7 cm³/mol. The fraction of sp³-hybridized carbons (Fsp3) is 0.647. The van der Waals surface area contributed by atoms with Gasteiger partial charge in [-0.1, -0.05) is 30.5 Å². The Hall–Kier alpha value is -0.497. The van der Waals surface area contributed by atoms with Crippen molar-refractivity contribution in [3.05, 3.63) is 34.4 Å². The summed E-state index contributed by atoms with van der Waals surface area (Å²) in [6.45, 7) is 8.63. The molecule has 1 saturated carbocycles. The van der Waals surface area contributed by atoms with Crippen molar-refractivity contribution in [1.82, 2.24) is 4.72 Å². The van der Waals surface area contributed by atoms with Crippen LogP contribution in [0.3, 0.4) is 0 Å². The van der Waals surface area contributed by atoms with Crippen molar-refractivity contribution in [1.29, 1.82) is 0 Å². The Morgan fingerprint density at radius 2 is 1.50 bits per heavy atom. The van der Waals surface area contributed by atoms with Gasteiger partial charge < -0.3 is 5.73 Å². The van der Waals surface area contributed by atoms with Gasteiger partial charge in [-0.2, -0.15) is 13.2 Å². The van der Waals surface area contributed by atoms with Crippen LogP contribution >= 0.6 is 0 Å².